The van der Waals surface area contributed by atoms with Crippen LogP contribution in [0.2, 0.25) is 0 Å². The maximum absolute atomic E-state index is 12.1. The van der Waals surface area contributed by atoms with Crippen molar-refractivity contribution < 1.29 is 9.32 Å². The summed E-state index contributed by atoms with van der Waals surface area (Å²) in [5.41, 5.74) is 1.24. The summed E-state index contributed by atoms with van der Waals surface area (Å²) < 4.78 is 5.32. The van der Waals surface area contributed by atoms with Gasteiger partial charge in [-0.25, -0.2) is 0 Å². The maximum Gasteiger partial charge on any atom is 0.240 e. The SMILES string of the molecule is CC(C)c1noc(CN2CCN(CC(=O)NCCc3ccccc3)CC2)n1. The fraction of sp³-hybridized carbons (Fsp3) is 0.550. The van der Waals surface area contributed by atoms with Gasteiger partial charge in [-0.15, -0.1) is 0 Å². The summed E-state index contributed by atoms with van der Waals surface area (Å²) in [7, 11) is 0. The molecule has 1 aromatic heterocycles. The van der Waals surface area contributed by atoms with Crippen molar-refractivity contribution in [1.29, 1.82) is 0 Å². The standard InChI is InChI=1S/C20H29N5O2/c1-16(2)20-22-19(27-23-20)15-25-12-10-24(11-13-25)14-18(26)21-9-8-17-6-4-3-5-7-17/h3-7,16H,8-15H2,1-2H3,(H,21,26). The lowest BCUT2D eigenvalue weighted by Gasteiger charge is -2.33. The van der Waals surface area contributed by atoms with E-state index in [1.807, 2.05) is 18.2 Å². The van der Waals surface area contributed by atoms with Crippen LogP contribution in [0.3, 0.4) is 0 Å². The molecule has 0 bridgehead atoms. The van der Waals surface area contributed by atoms with Crippen LogP contribution in [0.4, 0.5) is 0 Å². The number of carbonyl (C=O) groups is 1. The zero-order valence-corrected chi connectivity index (χ0v) is 16.2. The van der Waals surface area contributed by atoms with E-state index in [1.54, 1.807) is 0 Å². The molecule has 1 aliphatic rings. The molecule has 0 spiro atoms. The number of nitrogens with zero attached hydrogens (tertiary/aromatic N) is 4. The first-order chi connectivity index (χ1) is 13.1. The first kappa shape index (κ1) is 19.5. The largest absolute Gasteiger partial charge is 0.355 e. The summed E-state index contributed by atoms with van der Waals surface area (Å²) in [5.74, 6) is 1.80. The third-order valence-corrected chi connectivity index (χ3v) is 4.77. The molecule has 0 saturated carbocycles. The van der Waals surface area contributed by atoms with Gasteiger partial charge in [0.25, 0.3) is 0 Å². The molecule has 27 heavy (non-hydrogen) atoms. The van der Waals surface area contributed by atoms with Crippen LogP contribution in [0.1, 0.15) is 37.0 Å². The molecular weight excluding hydrogens is 342 g/mol. The van der Waals surface area contributed by atoms with Crippen LogP contribution in [0.25, 0.3) is 0 Å². The van der Waals surface area contributed by atoms with Crippen LogP contribution >= 0.6 is 0 Å². The molecule has 7 nitrogen and oxygen atoms in total. The summed E-state index contributed by atoms with van der Waals surface area (Å²) in [6, 6.07) is 10.2. The van der Waals surface area contributed by atoms with E-state index < -0.39 is 0 Å². The molecule has 2 aromatic rings. The number of aromatic nitrogens is 2. The lowest BCUT2D eigenvalue weighted by Crippen LogP contribution is -2.49. The Morgan fingerprint density at radius 1 is 1.15 bits per heavy atom. The Morgan fingerprint density at radius 2 is 1.85 bits per heavy atom. The van der Waals surface area contributed by atoms with Crippen molar-refractivity contribution in [3.63, 3.8) is 0 Å². The van der Waals surface area contributed by atoms with Gasteiger partial charge < -0.3 is 9.84 Å². The second-order valence-corrected chi connectivity index (χ2v) is 7.34. The second-order valence-electron chi connectivity index (χ2n) is 7.34. The molecule has 0 unspecified atom stereocenters. The Balaban J connectivity index is 1.33. The molecule has 0 atom stereocenters. The maximum atomic E-state index is 12.1. The minimum Gasteiger partial charge on any atom is -0.355 e. The average molecular weight is 371 g/mol. The minimum absolute atomic E-state index is 0.0952. The van der Waals surface area contributed by atoms with E-state index in [9.17, 15) is 4.79 Å². The molecule has 146 valence electrons. The summed E-state index contributed by atoms with van der Waals surface area (Å²) in [6.45, 7) is 9.47. The van der Waals surface area contributed by atoms with Crippen molar-refractivity contribution in [1.82, 2.24) is 25.3 Å². The third kappa shape index (κ3) is 6.15. The first-order valence-electron chi connectivity index (χ1n) is 9.68. The normalized spacial score (nSPS) is 16.0. The molecule has 0 radical (unpaired) electrons. The van der Waals surface area contributed by atoms with E-state index in [4.69, 9.17) is 4.52 Å². The fourth-order valence-corrected chi connectivity index (χ4v) is 3.11. The van der Waals surface area contributed by atoms with E-state index in [0.717, 1.165) is 38.4 Å². The van der Waals surface area contributed by atoms with E-state index in [2.05, 4.69) is 51.2 Å². The zero-order chi connectivity index (χ0) is 19.1. The molecule has 1 aromatic carbocycles. The van der Waals surface area contributed by atoms with Crippen LogP contribution in [0.15, 0.2) is 34.9 Å². The van der Waals surface area contributed by atoms with Crippen LogP contribution < -0.4 is 5.32 Å². The molecule has 1 amide bonds. The predicted octanol–water partition coefficient (Wildman–Crippen LogP) is 1.67. The molecule has 1 N–H and O–H groups in total. The molecular formula is C20H29N5O2. The highest BCUT2D eigenvalue weighted by atomic mass is 16.5. The number of carbonyl (C=O) groups excluding carboxylic acids is 1. The molecule has 1 saturated heterocycles. The van der Waals surface area contributed by atoms with Crippen molar-refractivity contribution >= 4 is 5.91 Å². The number of hydrogen-bond acceptors (Lipinski definition) is 6. The average Bonchev–Trinajstić information content (AvgIpc) is 3.13. The van der Waals surface area contributed by atoms with Gasteiger partial charge >= 0.3 is 0 Å². The van der Waals surface area contributed by atoms with Gasteiger partial charge in [0, 0.05) is 38.6 Å². The molecule has 7 heteroatoms. The quantitative estimate of drug-likeness (QED) is 0.761. The number of benzene rings is 1. The molecule has 1 aliphatic heterocycles. The van der Waals surface area contributed by atoms with E-state index in [1.165, 1.54) is 5.56 Å². The van der Waals surface area contributed by atoms with Gasteiger partial charge in [-0.3, -0.25) is 14.6 Å². The number of amides is 1. The van der Waals surface area contributed by atoms with Crippen molar-refractivity contribution in [3.05, 3.63) is 47.6 Å². The van der Waals surface area contributed by atoms with Crippen molar-refractivity contribution in [2.24, 2.45) is 0 Å². The number of nitrogens with one attached hydrogen (secondary N) is 1. The first-order valence-corrected chi connectivity index (χ1v) is 9.68. The molecule has 0 aliphatic carbocycles. The minimum atomic E-state index is 0.0952. The highest BCUT2D eigenvalue weighted by Gasteiger charge is 2.21. The third-order valence-electron chi connectivity index (χ3n) is 4.77. The van der Waals surface area contributed by atoms with Crippen molar-refractivity contribution in [3.8, 4) is 0 Å². The lowest BCUT2D eigenvalue weighted by atomic mass is 10.1. The van der Waals surface area contributed by atoms with Gasteiger partial charge in [0.1, 0.15) is 0 Å². The molecule has 2 heterocycles. The Bertz CT molecular complexity index is 708. The van der Waals surface area contributed by atoms with Crippen molar-refractivity contribution in [2.75, 3.05) is 39.3 Å². The fourth-order valence-electron chi connectivity index (χ4n) is 3.11. The number of piperazine rings is 1. The topological polar surface area (TPSA) is 74.5 Å². The molecule has 1 fully saturated rings. The highest BCUT2D eigenvalue weighted by molar-refractivity contribution is 5.78. The second kappa shape index (κ2) is 9.62. The predicted molar refractivity (Wildman–Crippen MR) is 103 cm³/mol. The zero-order valence-electron chi connectivity index (χ0n) is 16.2. The monoisotopic (exact) mass is 371 g/mol. The van der Waals surface area contributed by atoms with Crippen LogP contribution in [0.5, 0.6) is 0 Å². The Morgan fingerprint density at radius 3 is 2.52 bits per heavy atom. The number of rotatable bonds is 8. The van der Waals surface area contributed by atoms with Gasteiger partial charge in [-0.05, 0) is 12.0 Å². The summed E-state index contributed by atoms with van der Waals surface area (Å²) >= 11 is 0. The van der Waals surface area contributed by atoms with Gasteiger partial charge in [0.2, 0.25) is 11.8 Å². The van der Waals surface area contributed by atoms with Gasteiger partial charge in [0.15, 0.2) is 5.82 Å². The van der Waals surface area contributed by atoms with Gasteiger partial charge in [-0.1, -0.05) is 49.3 Å². The number of hydrogen-bond donors (Lipinski definition) is 1. The van der Waals surface area contributed by atoms with E-state index in [0.29, 0.717) is 25.5 Å². The Hall–Kier alpha value is -2.25. The van der Waals surface area contributed by atoms with Crippen LogP contribution in [-0.4, -0.2) is 65.1 Å². The summed E-state index contributed by atoms with van der Waals surface area (Å²) in [4.78, 5) is 21.1. The van der Waals surface area contributed by atoms with Crippen molar-refractivity contribution in [2.45, 2.75) is 32.7 Å². The Kier molecular flexibility index (Phi) is 6.95. The lowest BCUT2D eigenvalue weighted by molar-refractivity contribution is -0.122. The van der Waals surface area contributed by atoms with Gasteiger partial charge in [-0.2, -0.15) is 4.98 Å². The summed E-state index contributed by atoms with van der Waals surface area (Å²) in [6.07, 6.45) is 0.864. The van der Waals surface area contributed by atoms with E-state index in [-0.39, 0.29) is 11.8 Å². The highest BCUT2D eigenvalue weighted by Crippen LogP contribution is 2.12. The van der Waals surface area contributed by atoms with Crippen LogP contribution in [0, 0.1) is 0 Å². The van der Waals surface area contributed by atoms with Crippen LogP contribution in [-0.2, 0) is 17.8 Å². The van der Waals surface area contributed by atoms with E-state index >= 15 is 0 Å². The molecule has 3 rings (SSSR count). The Labute approximate surface area is 160 Å². The summed E-state index contributed by atoms with van der Waals surface area (Å²) in [5, 5.41) is 7.03. The smallest absolute Gasteiger partial charge is 0.240 e. The van der Waals surface area contributed by atoms with Gasteiger partial charge in [0.05, 0.1) is 13.1 Å².